The highest BCUT2D eigenvalue weighted by molar-refractivity contribution is 7.91. The third-order valence-electron chi connectivity index (χ3n) is 3.72. The van der Waals surface area contributed by atoms with Crippen molar-refractivity contribution >= 4 is 21.6 Å². The second-order valence-electron chi connectivity index (χ2n) is 5.36. The molecule has 0 aromatic carbocycles. The Kier molecular flexibility index (Phi) is 4.47. The molecule has 1 N–H and O–H groups in total. The molecule has 20 heavy (non-hydrogen) atoms. The Balaban J connectivity index is 2.10. The Morgan fingerprint density at radius 3 is 2.90 bits per heavy atom. The molecule has 112 valence electrons. The van der Waals surface area contributed by atoms with Crippen LogP contribution >= 0.6 is 0 Å². The lowest BCUT2D eigenvalue weighted by molar-refractivity contribution is 0.600. The van der Waals surface area contributed by atoms with E-state index in [1.807, 2.05) is 18.0 Å². The van der Waals surface area contributed by atoms with Crippen LogP contribution in [0, 0.1) is 0 Å². The van der Waals surface area contributed by atoms with Crippen molar-refractivity contribution in [2.75, 3.05) is 28.8 Å². The van der Waals surface area contributed by atoms with E-state index in [1.165, 1.54) is 0 Å². The molecule has 1 fully saturated rings. The first kappa shape index (κ1) is 15.0. The lowest BCUT2D eigenvalue weighted by Crippen LogP contribution is -2.34. The Labute approximate surface area is 120 Å². The zero-order chi connectivity index (χ0) is 14.8. The molecule has 1 aromatic rings. The van der Waals surface area contributed by atoms with Crippen molar-refractivity contribution in [2.24, 2.45) is 0 Å². The number of nitrogens with one attached hydrogen (secondary N) is 1. The molecular formula is C13H22N4O2S. The van der Waals surface area contributed by atoms with Gasteiger partial charge in [-0.15, -0.1) is 0 Å². The molecule has 2 unspecified atom stereocenters. The Hall–Kier alpha value is -1.37. The average molecular weight is 298 g/mol. The second-order valence-corrected chi connectivity index (χ2v) is 7.59. The minimum absolute atomic E-state index is 0.0288. The predicted octanol–water partition coefficient (Wildman–Crippen LogP) is 1.31. The highest BCUT2D eigenvalue weighted by atomic mass is 32.2. The van der Waals surface area contributed by atoms with E-state index in [9.17, 15) is 8.42 Å². The third kappa shape index (κ3) is 3.59. The molecule has 0 spiro atoms. The summed E-state index contributed by atoms with van der Waals surface area (Å²) in [6.45, 7) is 4.20. The van der Waals surface area contributed by atoms with E-state index in [2.05, 4.69) is 29.1 Å². The van der Waals surface area contributed by atoms with Crippen molar-refractivity contribution in [1.82, 2.24) is 9.97 Å². The maximum Gasteiger partial charge on any atom is 0.227 e. The molecule has 0 bridgehead atoms. The number of hydrogen-bond donors (Lipinski definition) is 1. The van der Waals surface area contributed by atoms with Gasteiger partial charge < -0.3 is 10.2 Å². The lowest BCUT2D eigenvalue weighted by Gasteiger charge is -2.23. The van der Waals surface area contributed by atoms with E-state index in [4.69, 9.17) is 0 Å². The van der Waals surface area contributed by atoms with E-state index in [0.717, 1.165) is 12.2 Å². The van der Waals surface area contributed by atoms with Crippen molar-refractivity contribution in [1.29, 1.82) is 0 Å². The van der Waals surface area contributed by atoms with Crippen LogP contribution in [0.5, 0.6) is 0 Å². The predicted molar refractivity (Wildman–Crippen MR) is 80.9 cm³/mol. The number of anilines is 2. The van der Waals surface area contributed by atoms with E-state index in [1.54, 1.807) is 6.20 Å². The molecule has 1 saturated heterocycles. The summed E-state index contributed by atoms with van der Waals surface area (Å²) in [6.07, 6.45) is 3.36. The van der Waals surface area contributed by atoms with Crippen molar-refractivity contribution in [3.05, 3.63) is 12.3 Å². The maximum atomic E-state index is 11.5. The SMILES string of the molecule is CCC(C)Nc1ccnc(N(C)C2CCS(=O)(=O)C2)n1. The molecule has 0 radical (unpaired) electrons. The number of hydrogen-bond acceptors (Lipinski definition) is 6. The van der Waals surface area contributed by atoms with Gasteiger partial charge in [0.1, 0.15) is 5.82 Å². The van der Waals surface area contributed by atoms with Crippen LogP contribution in [0.2, 0.25) is 0 Å². The van der Waals surface area contributed by atoms with E-state index in [0.29, 0.717) is 18.4 Å². The second kappa shape index (κ2) is 5.95. The topological polar surface area (TPSA) is 75.2 Å². The summed E-state index contributed by atoms with van der Waals surface area (Å²) in [5.41, 5.74) is 0. The highest BCUT2D eigenvalue weighted by Crippen LogP contribution is 2.21. The molecule has 2 heterocycles. The minimum Gasteiger partial charge on any atom is -0.367 e. The summed E-state index contributed by atoms with van der Waals surface area (Å²) in [5.74, 6) is 1.79. The maximum absolute atomic E-state index is 11.5. The number of rotatable bonds is 5. The van der Waals surface area contributed by atoms with Crippen LogP contribution in [-0.4, -0.2) is 49.0 Å². The first-order valence-electron chi connectivity index (χ1n) is 6.94. The molecule has 2 atom stereocenters. The number of aromatic nitrogens is 2. The monoisotopic (exact) mass is 298 g/mol. The minimum atomic E-state index is -2.89. The summed E-state index contributed by atoms with van der Waals surface area (Å²) in [5, 5.41) is 3.30. The van der Waals surface area contributed by atoms with Crippen molar-refractivity contribution in [2.45, 2.75) is 38.8 Å². The molecule has 7 heteroatoms. The average Bonchev–Trinajstić information content (AvgIpc) is 2.78. The van der Waals surface area contributed by atoms with Gasteiger partial charge in [-0.2, -0.15) is 4.98 Å². The Morgan fingerprint density at radius 1 is 1.55 bits per heavy atom. The zero-order valence-electron chi connectivity index (χ0n) is 12.2. The van der Waals surface area contributed by atoms with Crippen LogP contribution in [0.1, 0.15) is 26.7 Å². The number of nitrogens with zero attached hydrogens (tertiary/aromatic N) is 3. The van der Waals surface area contributed by atoms with Crippen molar-refractivity contribution in [3.63, 3.8) is 0 Å². The van der Waals surface area contributed by atoms with Crippen LogP contribution in [0.15, 0.2) is 12.3 Å². The van der Waals surface area contributed by atoms with E-state index in [-0.39, 0.29) is 17.5 Å². The van der Waals surface area contributed by atoms with Gasteiger partial charge in [-0.05, 0) is 25.8 Å². The Bertz CT molecular complexity index is 561. The summed E-state index contributed by atoms with van der Waals surface area (Å²) in [4.78, 5) is 10.6. The van der Waals surface area contributed by atoms with Crippen LogP contribution in [0.25, 0.3) is 0 Å². The van der Waals surface area contributed by atoms with Crippen molar-refractivity contribution < 1.29 is 8.42 Å². The summed E-state index contributed by atoms with van der Waals surface area (Å²) in [6, 6.07) is 2.14. The fraction of sp³-hybridized carbons (Fsp3) is 0.692. The van der Waals surface area contributed by atoms with Gasteiger partial charge in [-0.25, -0.2) is 13.4 Å². The normalized spacial score (nSPS) is 22.4. The quantitative estimate of drug-likeness (QED) is 0.883. The fourth-order valence-electron chi connectivity index (χ4n) is 2.20. The lowest BCUT2D eigenvalue weighted by atomic mass is 10.2. The molecule has 2 rings (SSSR count). The summed E-state index contributed by atoms with van der Waals surface area (Å²) in [7, 11) is -1.04. The van der Waals surface area contributed by atoms with Gasteiger partial charge in [0.05, 0.1) is 11.5 Å². The molecule has 0 amide bonds. The zero-order valence-corrected chi connectivity index (χ0v) is 13.0. The van der Waals surface area contributed by atoms with Crippen LogP contribution in [0.3, 0.4) is 0 Å². The van der Waals surface area contributed by atoms with Crippen LogP contribution in [0.4, 0.5) is 11.8 Å². The van der Waals surface area contributed by atoms with E-state index >= 15 is 0 Å². The van der Waals surface area contributed by atoms with Gasteiger partial charge in [0.2, 0.25) is 5.95 Å². The summed E-state index contributed by atoms with van der Waals surface area (Å²) < 4.78 is 23.1. The summed E-state index contributed by atoms with van der Waals surface area (Å²) >= 11 is 0. The fourth-order valence-corrected chi connectivity index (χ4v) is 3.97. The molecule has 6 nitrogen and oxygen atoms in total. The molecule has 1 aliphatic heterocycles. The number of sulfone groups is 1. The third-order valence-corrected chi connectivity index (χ3v) is 5.47. The first-order valence-corrected chi connectivity index (χ1v) is 8.76. The van der Waals surface area contributed by atoms with Gasteiger partial charge in [0, 0.05) is 25.3 Å². The van der Waals surface area contributed by atoms with Gasteiger partial charge >= 0.3 is 0 Å². The van der Waals surface area contributed by atoms with E-state index < -0.39 is 9.84 Å². The van der Waals surface area contributed by atoms with Crippen LogP contribution < -0.4 is 10.2 Å². The molecule has 0 aliphatic carbocycles. The van der Waals surface area contributed by atoms with Crippen molar-refractivity contribution in [3.8, 4) is 0 Å². The molecule has 1 aromatic heterocycles. The largest absolute Gasteiger partial charge is 0.367 e. The smallest absolute Gasteiger partial charge is 0.227 e. The van der Waals surface area contributed by atoms with Gasteiger partial charge in [0.25, 0.3) is 0 Å². The van der Waals surface area contributed by atoms with Gasteiger partial charge in [-0.1, -0.05) is 6.92 Å². The first-order chi connectivity index (χ1) is 9.41. The standard InChI is InChI=1S/C13H22N4O2S/c1-4-10(2)15-12-5-7-14-13(16-12)17(3)11-6-8-20(18,19)9-11/h5,7,10-11H,4,6,8-9H2,1-3H3,(H,14,15,16). The van der Waals surface area contributed by atoms with Gasteiger partial charge in [0.15, 0.2) is 9.84 Å². The molecular weight excluding hydrogens is 276 g/mol. The highest BCUT2D eigenvalue weighted by Gasteiger charge is 2.31. The van der Waals surface area contributed by atoms with Crippen LogP contribution in [-0.2, 0) is 9.84 Å². The Morgan fingerprint density at radius 2 is 2.30 bits per heavy atom. The molecule has 1 aliphatic rings. The van der Waals surface area contributed by atoms with Gasteiger partial charge in [-0.3, -0.25) is 0 Å². The molecule has 0 saturated carbocycles.